The van der Waals surface area contributed by atoms with Crippen LogP contribution < -0.4 is 4.90 Å². The highest BCUT2D eigenvalue weighted by Gasteiger charge is 2.60. The van der Waals surface area contributed by atoms with Gasteiger partial charge in [0.25, 0.3) is 5.91 Å². The fraction of sp³-hybridized carbons (Fsp3) is 0.208. The molecular formula is C24H17BrINO2. The van der Waals surface area contributed by atoms with Gasteiger partial charge in [-0.15, -0.1) is 0 Å². The molecule has 0 aromatic heterocycles. The SMILES string of the molecule is O=C1c2ccccc2[C@H]2[C@@H]3CCO[C@]3(c3ccc(Br)cc3)c3cc(I)ccc3N12. The standard InChI is InChI=1S/C24H17BrINO2/c25-15-7-5-14(6-8-15)24-19(11-12-29-24)22-17-3-1-2-4-18(17)23(28)27(22)21-10-9-16(26)13-20(21)24/h1-10,13,19,22H,11-12H2/t19-,22-,24-/m0/s1. The van der Waals surface area contributed by atoms with Crippen LogP contribution >= 0.6 is 38.5 Å². The van der Waals surface area contributed by atoms with E-state index in [1.54, 1.807) is 0 Å². The van der Waals surface area contributed by atoms with Gasteiger partial charge in [-0.1, -0.05) is 46.3 Å². The van der Waals surface area contributed by atoms with Gasteiger partial charge in [-0.3, -0.25) is 4.79 Å². The van der Waals surface area contributed by atoms with E-state index in [2.05, 4.69) is 87.1 Å². The van der Waals surface area contributed by atoms with Crippen molar-refractivity contribution in [1.29, 1.82) is 0 Å². The number of benzene rings is 3. The van der Waals surface area contributed by atoms with E-state index in [-0.39, 0.29) is 17.9 Å². The van der Waals surface area contributed by atoms with Gasteiger partial charge in [0.15, 0.2) is 0 Å². The lowest BCUT2D eigenvalue weighted by atomic mass is 9.68. The Morgan fingerprint density at radius 3 is 2.69 bits per heavy atom. The summed E-state index contributed by atoms with van der Waals surface area (Å²) in [6, 6.07) is 22.9. The summed E-state index contributed by atoms with van der Waals surface area (Å²) in [5.74, 6) is 0.270. The molecule has 3 atom stereocenters. The highest BCUT2D eigenvalue weighted by Crippen LogP contribution is 2.61. The number of hydrogen-bond donors (Lipinski definition) is 0. The molecule has 3 aromatic carbocycles. The maximum absolute atomic E-state index is 13.4. The average Bonchev–Trinajstić information content (AvgIpc) is 3.30. The lowest BCUT2D eigenvalue weighted by Crippen LogP contribution is -2.48. The summed E-state index contributed by atoms with van der Waals surface area (Å²) in [4.78, 5) is 15.5. The minimum atomic E-state index is -0.546. The molecule has 0 radical (unpaired) electrons. The predicted octanol–water partition coefficient (Wildman–Crippen LogP) is 6.05. The maximum atomic E-state index is 13.4. The molecule has 144 valence electrons. The van der Waals surface area contributed by atoms with Gasteiger partial charge in [-0.25, -0.2) is 0 Å². The predicted molar refractivity (Wildman–Crippen MR) is 124 cm³/mol. The van der Waals surface area contributed by atoms with Gasteiger partial charge in [0.1, 0.15) is 5.60 Å². The van der Waals surface area contributed by atoms with E-state index >= 15 is 0 Å². The van der Waals surface area contributed by atoms with Gasteiger partial charge < -0.3 is 9.64 Å². The molecule has 3 heterocycles. The number of amides is 1. The van der Waals surface area contributed by atoms with Crippen LogP contribution in [-0.2, 0) is 10.3 Å². The van der Waals surface area contributed by atoms with Crippen LogP contribution in [0, 0.1) is 9.49 Å². The zero-order valence-electron chi connectivity index (χ0n) is 15.4. The number of hydrogen-bond acceptors (Lipinski definition) is 2. The highest BCUT2D eigenvalue weighted by atomic mass is 127. The van der Waals surface area contributed by atoms with Crippen molar-refractivity contribution in [1.82, 2.24) is 0 Å². The summed E-state index contributed by atoms with van der Waals surface area (Å²) in [5.41, 5.74) is 4.63. The van der Waals surface area contributed by atoms with Crippen LogP contribution in [-0.4, -0.2) is 12.5 Å². The molecule has 3 aliphatic heterocycles. The van der Waals surface area contributed by atoms with E-state index in [1.807, 2.05) is 23.1 Å². The lowest BCUT2D eigenvalue weighted by Gasteiger charge is -2.47. The third-order valence-electron chi connectivity index (χ3n) is 6.56. The van der Waals surface area contributed by atoms with Gasteiger partial charge in [-0.2, -0.15) is 0 Å². The lowest BCUT2D eigenvalue weighted by molar-refractivity contribution is -0.000837. The summed E-state index contributed by atoms with van der Waals surface area (Å²) in [5, 5.41) is 0. The fourth-order valence-corrected chi connectivity index (χ4v) is 6.24. The quantitative estimate of drug-likeness (QED) is 0.341. The highest BCUT2D eigenvalue weighted by molar-refractivity contribution is 14.1. The zero-order chi connectivity index (χ0) is 19.8. The van der Waals surface area contributed by atoms with E-state index in [9.17, 15) is 4.79 Å². The largest absolute Gasteiger partial charge is 0.365 e. The van der Waals surface area contributed by atoms with Crippen LogP contribution in [0.25, 0.3) is 0 Å². The molecule has 0 N–H and O–H groups in total. The van der Waals surface area contributed by atoms with Crippen molar-refractivity contribution in [2.24, 2.45) is 5.92 Å². The van der Waals surface area contributed by atoms with Crippen molar-refractivity contribution in [3.63, 3.8) is 0 Å². The number of carbonyl (C=O) groups is 1. The maximum Gasteiger partial charge on any atom is 0.259 e. The smallest absolute Gasteiger partial charge is 0.259 e. The molecular weight excluding hydrogens is 541 g/mol. The molecule has 6 rings (SSSR count). The molecule has 0 bridgehead atoms. The molecule has 1 amide bonds. The van der Waals surface area contributed by atoms with E-state index in [1.165, 1.54) is 0 Å². The molecule has 0 unspecified atom stereocenters. The van der Waals surface area contributed by atoms with Crippen molar-refractivity contribution < 1.29 is 9.53 Å². The fourth-order valence-electron chi connectivity index (χ4n) is 5.48. The topological polar surface area (TPSA) is 29.5 Å². The first kappa shape index (κ1) is 18.1. The summed E-state index contributed by atoms with van der Waals surface area (Å²) >= 11 is 5.91. The minimum Gasteiger partial charge on any atom is -0.365 e. The summed E-state index contributed by atoms with van der Waals surface area (Å²) in [6.07, 6.45) is 0.920. The number of ether oxygens (including phenoxy) is 1. The first-order valence-corrected chi connectivity index (χ1v) is 11.6. The van der Waals surface area contributed by atoms with Crippen molar-refractivity contribution in [2.75, 3.05) is 11.5 Å². The normalized spacial score (nSPS) is 26.7. The Morgan fingerprint density at radius 2 is 1.86 bits per heavy atom. The number of anilines is 1. The Bertz CT molecular complexity index is 1160. The zero-order valence-corrected chi connectivity index (χ0v) is 19.2. The number of carbonyl (C=O) groups excluding carboxylic acids is 1. The van der Waals surface area contributed by atoms with Crippen molar-refractivity contribution in [2.45, 2.75) is 18.1 Å². The monoisotopic (exact) mass is 557 g/mol. The molecule has 3 nitrogen and oxygen atoms in total. The van der Waals surface area contributed by atoms with Gasteiger partial charge in [0.05, 0.1) is 11.7 Å². The number of nitrogens with zero attached hydrogens (tertiary/aromatic N) is 1. The van der Waals surface area contributed by atoms with Gasteiger partial charge >= 0.3 is 0 Å². The van der Waals surface area contributed by atoms with Crippen LogP contribution in [0.5, 0.6) is 0 Å². The second-order valence-corrected chi connectivity index (χ2v) is 10.0. The Kier molecular flexibility index (Phi) is 3.99. The Hall–Kier alpha value is -1.70. The molecule has 29 heavy (non-hydrogen) atoms. The van der Waals surface area contributed by atoms with Crippen LogP contribution in [0.1, 0.15) is 39.5 Å². The molecule has 0 spiro atoms. The molecule has 1 saturated heterocycles. The van der Waals surface area contributed by atoms with Gasteiger partial charge in [0, 0.05) is 31.7 Å². The van der Waals surface area contributed by atoms with E-state index in [0.29, 0.717) is 6.61 Å². The third-order valence-corrected chi connectivity index (χ3v) is 7.76. The molecule has 5 heteroatoms. The van der Waals surface area contributed by atoms with Crippen LogP contribution in [0.15, 0.2) is 71.2 Å². The van der Waals surface area contributed by atoms with Crippen LogP contribution in [0.2, 0.25) is 0 Å². The third kappa shape index (κ3) is 2.35. The van der Waals surface area contributed by atoms with E-state index in [0.717, 1.165) is 42.4 Å². The minimum absolute atomic E-state index is 0.00240. The van der Waals surface area contributed by atoms with Crippen LogP contribution in [0.4, 0.5) is 5.69 Å². The number of fused-ring (bicyclic) bond motifs is 8. The first-order chi connectivity index (χ1) is 14.1. The summed E-state index contributed by atoms with van der Waals surface area (Å²) in [7, 11) is 0. The summed E-state index contributed by atoms with van der Waals surface area (Å²) < 4.78 is 8.85. The van der Waals surface area contributed by atoms with Gasteiger partial charge in [0.2, 0.25) is 0 Å². The first-order valence-electron chi connectivity index (χ1n) is 9.74. The van der Waals surface area contributed by atoms with Crippen molar-refractivity contribution in [3.8, 4) is 0 Å². The molecule has 3 aliphatic rings. The van der Waals surface area contributed by atoms with E-state index < -0.39 is 5.60 Å². The molecule has 3 aromatic rings. The molecule has 1 fully saturated rings. The Morgan fingerprint density at radius 1 is 1.07 bits per heavy atom. The Labute approximate surface area is 191 Å². The Balaban J connectivity index is 1.68. The second kappa shape index (κ2) is 6.40. The number of halogens is 2. The second-order valence-electron chi connectivity index (χ2n) is 7.85. The average molecular weight is 558 g/mol. The number of rotatable bonds is 1. The molecule has 0 aliphatic carbocycles. The van der Waals surface area contributed by atoms with Crippen molar-refractivity contribution in [3.05, 3.63) is 97.0 Å². The van der Waals surface area contributed by atoms with Crippen molar-refractivity contribution >= 4 is 50.1 Å². The van der Waals surface area contributed by atoms with Crippen LogP contribution in [0.3, 0.4) is 0 Å². The summed E-state index contributed by atoms with van der Waals surface area (Å²) in [6.45, 7) is 0.687. The van der Waals surface area contributed by atoms with E-state index in [4.69, 9.17) is 4.74 Å². The van der Waals surface area contributed by atoms with Gasteiger partial charge in [-0.05, 0) is 76.5 Å². The molecule has 0 saturated carbocycles.